The van der Waals surface area contributed by atoms with Crippen molar-refractivity contribution in [3.63, 3.8) is 0 Å². The van der Waals surface area contributed by atoms with Crippen molar-refractivity contribution in [2.24, 2.45) is 5.10 Å². The summed E-state index contributed by atoms with van der Waals surface area (Å²) in [6, 6.07) is 7.52. The van der Waals surface area contributed by atoms with Crippen molar-refractivity contribution in [2.45, 2.75) is 0 Å². The molecule has 0 fully saturated rings. The lowest BCUT2D eigenvalue weighted by Crippen LogP contribution is -2.25. The molecule has 2 aromatic heterocycles. The Bertz CT molecular complexity index is 951. The Balaban J connectivity index is 1.86. The van der Waals surface area contributed by atoms with E-state index in [1.165, 1.54) is 30.6 Å². The van der Waals surface area contributed by atoms with Gasteiger partial charge in [-0.3, -0.25) is 14.6 Å². The van der Waals surface area contributed by atoms with Crippen LogP contribution in [-0.2, 0) is 0 Å². The van der Waals surface area contributed by atoms with Crippen LogP contribution in [0.2, 0.25) is 0 Å². The largest absolute Gasteiger partial charge is 0.358 e. The number of nitrogens with one attached hydrogen (secondary N) is 2. The van der Waals surface area contributed by atoms with Crippen LogP contribution in [0.4, 0.5) is 4.39 Å². The highest BCUT2D eigenvalue weighted by molar-refractivity contribution is 5.97. The van der Waals surface area contributed by atoms with E-state index in [0.29, 0.717) is 0 Å². The van der Waals surface area contributed by atoms with Gasteiger partial charge in [0.05, 0.1) is 11.7 Å². The molecule has 0 spiro atoms. The summed E-state index contributed by atoms with van der Waals surface area (Å²) in [4.78, 5) is 30.8. The maximum absolute atomic E-state index is 13.6. The molecule has 7 heteroatoms. The molecule has 0 aliphatic rings. The van der Waals surface area contributed by atoms with Crippen LogP contribution in [-0.4, -0.2) is 22.1 Å². The van der Waals surface area contributed by atoms with E-state index in [0.717, 1.165) is 5.56 Å². The zero-order valence-corrected chi connectivity index (χ0v) is 11.8. The molecule has 6 nitrogen and oxygen atoms in total. The summed E-state index contributed by atoms with van der Waals surface area (Å²) >= 11 is 0. The van der Waals surface area contributed by atoms with Crippen LogP contribution in [0.5, 0.6) is 0 Å². The molecule has 2 N–H and O–H groups in total. The molecule has 0 bridgehead atoms. The van der Waals surface area contributed by atoms with Crippen molar-refractivity contribution in [2.75, 3.05) is 0 Å². The van der Waals surface area contributed by atoms with Crippen LogP contribution in [0.15, 0.2) is 58.8 Å². The second-order valence-corrected chi connectivity index (χ2v) is 4.67. The Kier molecular flexibility index (Phi) is 3.92. The molecular formula is C16H11FN4O2. The summed E-state index contributed by atoms with van der Waals surface area (Å²) in [5.41, 5.74) is 2.37. The van der Waals surface area contributed by atoms with Crippen LogP contribution in [0.25, 0.3) is 10.9 Å². The van der Waals surface area contributed by atoms with E-state index in [-0.39, 0.29) is 16.5 Å². The number of aromatic amines is 1. The second kappa shape index (κ2) is 6.18. The Morgan fingerprint density at radius 2 is 2.04 bits per heavy atom. The van der Waals surface area contributed by atoms with E-state index in [1.54, 1.807) is 24.5 Å². The maximum Gasteiger partial charge on any atom is 0.276 e. The second-order valence-electron chi connectivity index (χ2n) is 4.67. The first kappa shape index (κ1) is 14.6. The number of hydrogen-bond acceptors (Lipinski definition) is 4. The SMILES string of the molecule is O=C(N/N=C/c1ccncc1)c1c[nH]c2c(F)cccc2c1=O. The third-order valence-electron chi connectivity index (χ3n) is 3.19. The van der Waals surface area contributed by atoms with E-state index in [9.17, 15) is 14.0 Å². The molecule has 0 saturated heterocycles. The highest BCUT2D eigenvalue weighted by Gasteiger charge is 2.13. The molecular weight excluding hydrogens is 299 g/mol. The number of hydrazone groups is 1. The van der Waals surface area contributed by atoms with Crippen molar-refractivity contribution in [1.82, 2.24) is 15.4 Å². The molecule has 0 aliphatic carbocycles. The van der Waals surface area contributed by atoms with Gasteiger partial charge in [0, 0.05) is 24.0 Å². The standard InChI is InChI=1S/C16H11FN4O2/c17-13-3-1-2-11-14(13)19-9-12(15(11)22)16(23)21-20-8-10-4-6-18-7-5-10/h1-9H,(H,19,22)(H,21,23)/b20-8+. The zero-order valence-electron chi connectivity index (χ0n) is 11.8. The van der Waals surface area contributed by atoms with E-state index in [1.807, 2.05) is 0 Å². The Hall–Kier alpha value is -3.35. The topological polar surface area (TPSA) is 87.2 Å². The van der Waals surface area contributed by atoms with Gasteiger partial charge in [-0.2, -0.15) is 5.10 Å². The molecule has 3 aromatic rings. The normalized spacial score (nSPS) is 11.0. The minimum atomic E-state index is -0.678. The lowest BCUT2D eigenvalue weighted by atomic mass is 10.1. The number of halogens is 1. The number of pyridine rings is 2. The minimum absolute atomic E-state index is 0.0642. The predicted molar refractivity (Wildman–Crippen MR) is 83.8 cm³/mol. The van der Waals surface area contributed by atoms with Crippen LogP contribution < -0.4 is 10.9 Å². The van der Waals surface area contributed by atoms with Crippen molar-refractivity contribution >= 4 is 23.0 Å². The quantitative estimate of drug-likeness (QED) is 0.571. The van der Waals surface area contributed by atoms with Gasteiger partial charge in [0.1, 0.15) is 11.4 Å². The summed E-state index contributed by atoms with van der Waals surface area (Å²) in [7, 11) is 0. The molecule has 0 saturated carbocycles. The summed E-state index contributed by atoms with van der Waals surface area (Å²) < 4.78 is 13.6. The molecule has 1 aromatic carbocycles. The van der Waals surface area contributed by atoms with Crippen molar-refractivity contribution in [3.05, 3.63) is 76.1 Å². The summed E-state index contributed by atoms with van der Waals surface area (Å²) in [5.74, 6) is -1.23. The fourth-order valence-corrected chi connectivity index (χ4v) is 2.06. The van der Waals surface area contributed by atoms with Gasteiger partial charge in [0.25, 0.3) is 5.91 Å². The first-order valence-electron chi connectivity index (χ1n) is 6.70. The Morgan fingerprint density at radius 3 is 2.83 bits per heavy atom. The number of para-hydroxylation sites is 1. The molecule has 0 atom stereocenters. The first-order valence-corrected chi connectivity index (χ1v) is 6.70. The number of aromatic nitrogens is 2. The number of benzene rings is 1. The molecule has 2 heterocycles. The number of amides is 1. The van der Waals surface area contributed by atoms with Crippen molar-refractivity contribution < 1.29 is 9.18 Å². The smallest absolute Gasteiger partial charge is 0.276 e. The molecule has 3 rings (SSSR count). The third-order valence-corrected chi connectivity index (χ3v) is 3.19. The van der Waals surface area contributed by atoms with Crippen LogP contribution in [0, 0.1) is 5.82 Å². The van der Waals surface area contributed by atoms with Crippen molar-refractivity contribution in [1.29, 1.82) is 0 Å². The van der Waals surface area contributed by atoms with E-state index in [2.05, 4.69) is 20.5 Å². The number of carbonyl (C=O) groups is 1. The number of fused-ring (bicyclic) bond motifs is 1. The number of rotatable bonds is 3. The lowest BCUT2D eigenvalue weighted by molar-refractivity contribution is 0.0954. The fourth-order valence-electron chi connectivity index (χ4n) is 2.06. The average molecular weight is 310 g/mol. The van der Waals surface area contributed by atoms with Gasteiger partial charge in [-0.1, -0.05) is 6.07 Å². The fraction of sp³-hybridized carbons (Fsp3) is 0. The number of carbonyl (C=O) groups excluding carboxylic acids is 1. The summed E-state index contributed by atoms with van der Waals surface area (Å²) in [6.45, 7) is 0. The highest BCUT2D eigenvalue weighted by Crippen LogP contribution is 2.11. The minimum Gasteiger partial charge on any atom is -0.358 e. The van der Waals surface area contributed by atoms with Crippen molar-refractivity contribution in [3.8, 4) is 0 Å². The Labute approximate surface area is 129 Å². The molecule has 1 amide bonds. The Morgan fingerprint density at radius 1 is 1.26 bits per heavy atom. The van der Waals surface area contributed by atoms with E-state index in [4.69, 9.17) is 0 Å². The number of hydrogen-bond donors (Lipinski definition) is 2. The van der Waals surface area contributed by atoms with Gasteiger partial charge in [-0.15, -0.1) is 0 Å². The molecule has 114 valence electrons. The number of H-pyrrole nitrogens is 1. The predicted octanol–water partition coefficient (Wildman–Crippen LogP) is 1.83. The molecule has 0 unspecified atom stereocenters. The van der Waals surface area contributed by atoms with Gasteiger partial charge < -0.3 is 4.98 Å². The summed E-state index contributed by atoms with van der Waals surface area (Å²) in [5, 5.41) is 3.88. The van der Waals surface area contributed by atoms with Gasteiger partial charge in [0.15, 0.2) is 0 Å². The lowest BCUT2D eigenvalue weighted by Gasteiger charge is -2.03. The van der Waals surface area contributed by atoms with Gasteiger partial charge >= 0.3 is 0 Å². The molecule has 0 radical (unpaired) electrons. The van der Waals surface area contributed by atoms with Gasteiger partial charge in [-0.05, 0) is 29.8 Å². The summed E-state index contributed by atoms with van der Waals surface area (Å²) in [6.07, 6.45) is 5.77. The van der Waals surface area contributed by atoms with Crippen LogP contribution in [0.1, 0.15) is 15.9 Å². The first-order chi connectivity index (χ1) is 11.2. The highest BCUT2D eigenvalue weighted by atomic mass is 19.1. The average Bonchev–Trinajstić information content (AvgIpc) is 2.57. The van der Waals surface area contributed by atoms with E-state index >= 15 is 0 Å². The number of nitrogens with zero attached hydrogens (tertiary/aromatic N) is 2. The zero-order chi connectivity index (χ0) is 16.2. The molecule has 0 aliphatic heterocycles. The maximum atomic E-state index is 13.6. The van der Waals surface area contributed by atoms with Crippen LogP contribution >= 0.6 is 0 Å². The van der Waals surface area contributed by atoms with Gasteiger partial charge in [0.2, 0.25) is 5.43 Å². The van der Waals surface area contributed by atoms with Crippen LogP contribution in [0.3, 0.4) is 0 Å². The third kappa shape index (κ3) is 2.98. The van der Waals surface area contributed by atoms with E-state index < -0.39 is 17.2 Å². The molecule has 23 heavy (non-hydrogen) atoms. The van der Waals surface area contributed by atoms with Gasteiger partial charge in [-0.25, -0.2) is 9.82 Å². The monoisotopic (exact) mass is 310 g/mol.